The van der Waals surface area contributed by atoms with E-state index >= 15 is 0 Å². The number of carbonyl (C=O) groups is 1. The molecule has 4 heterocycles. The Balaban J connectivity index is 0.781. The lowest BCUT2D eigenvalue weighted by Crippen LogP contribution is -2.60. The van der Waals surface area contributed by atoms with Crippen LogP contribution in [0.1, 0.15) is 135 Å². The fourth-order valence-electron chi connectivity index (χ4n) is 12.9. The van der Waals surface area contributed by atoms with Gasteiger partial charge in [0.25, 0.3) is 21.6 Å². The number of piperazine rings is 1. The number of pyridine rings is 1. The van der Waals surface area contributed by atoms with Crippen molar-refractivity contribution in [2.24, 2.45) is 11.3 Å². The number of aromatic nitrogens is 2. The van der Waals surface area contributed by atoms with Crippen LogP contribution >= 0.6 is 0 Å². The number of H-pyrrole nitrogens is 1. The Labute approximate surface area is 451 Å². The summed E-state index contributed by atoms with van der Waals surface area (Å²) in [5, 5.41) is 26.5. The van der Waals surface area contributed by atoms with Gasteiger partial charge in [0.1, 0.15) is 28.6 Å². The predicted molar refractivity (Wildman–Crippen MR) is 299 cm³/mol. The van der Waals surface area contributed by atoms with Crippen molar-refractivity contribution in [2.45, 2.75) is 126 Å². The van der Waals surface area contributed by atoms with Crippen molar-refractivity contribution < 1.29 is 32.7 Å². The lowest BCUT2D eigenvalue weighted by molar-refractivity contribution is -0.384. The summed E-state index contributed by atoms with van der Waals surface area (Å²) in [5.41, 5.74) is 6.42. The molecular weight excluding hydrogens is 993 g/mol. The SMILES string of the molecule is COc1cccc(CN2CCN(C3CC4(CCN(c5ccc(C(=O)NS(=O)(=O)c6ccc(NC[C@H]7CC[C@](C)(O)CC7)c([N+](=O)[O-])c6)c(Oc6cnc7[nH]ccc7c6)c5)CC4)C3)C(c3ccccc3C(C)C)C2)c1C1CC1. The highest BCUT2D eigenvalue weighted by Crippen LogP contribution is 2.54. The molecule has 3 saturated carbocycles. The maximum Gasteiger partial charge on any atom is 0.293 e. The van der Waals surface area contributed by atoms with Crippen LogP contribution < -0.4 is 24.4 Å². The van der Waals surface area contributed by atoms with Crippen LogP contribution in [-0.4, -0.2) is 102 Å². The summed E-state index contributed by atoms with van der Waals surface area (Å²) in [6.07, 6.45) is 12.9. The van der Waals surface area contributed by atoms with Gasteiger partial charge in [-0.2, -0.15) is 0 Å². The maximum absolute atomic E-state index is 14.2. The van der Waals surface area contributed by atoms with E-state index in [1.807, 2.05) is 19.1 Å². The van der Waals surface area contributed by atoms with E-state index in [-0.39, 0.29) is 34.4 Å². The summed E-state index contributed by atoms with van der Waals surface area (Å²) in [6.45, 7) is 12.4. The van der Waals surface area contributed by atoms with Crippen molar-refractivity contribution in [1.82, 2.24) is 24.5 Å². The lowest BCUT2D eigenvalue weighted by Gasteiger charge is -2.58. The molecule has 16 nitrogen and oxygen atoms in total. The molecule has 77 heavy (non-hydrogen) atoms. The van der Waals surface area contributed by atoms with Crippen LogP contribution in [0.15, 0.2) is 108 Å². The fourth-order valence-corrected chi connectivity index (χ4v) is 13.9. The fraction of sp³-hybridized carbons (Fsp3) is 0.467. The molecule has 1 unspecified atom stereocenters. The Kier molecular flexibility index (Phi) is 14.6. The Morgan fingerprint density at radius 3 is 2.44 bits per heavy atom. The maximum atomic E-state index is 14.2. The number of ether oxygens (including phenoxy) is 2. The third-order valence-corrected chi connectivity index (χ3v) is 18.8. The topological polar surface area (TPSA) is 195 Å². The van der Waals surface area contributed by atoms with Gasteiger partial charge >= 0.3 is 0 Å². The number of carbonyl (C=O) groups excluding carboxylic acids is 1. The first-order valence-corrected chi connectivity index (χ1v) is 29.1. The van der Waals surface area contributed by atoms with Crippen molar-refractivity contribution in [1.29, 1.82) is 0 Å². The van der Waals surface area contributed by atoms with E-state index in [9.17, 15) is 28.4 Å². The molecule has 4 N–H and O–H groups in total. The smallest absolute Gasteiger partial charge is 0.293 e. The molecule has 4 aromatic carbocycles. The number of nitro benzene ring substituents is 1. The zero-order valence-electron chi connectivity index (χ0n) is 44.7. The summed E-state index contributed by atoms with van der Waals surface area (Å²) < 4.78 is 42.2. The molecule has 2 saturated heterocycles. The molecule has 5 aliphatic rings. The van der Waals surface area contributed by atoms with Crippen LogP contribution in [0, 0.1) is 21.4 Å². The number of rotatable bonds is 17. The van der Waals surface area contributed by atoms with Crippen LogP contribution in [0.25, 0.3) is 11.0 Å². The number of sulfonamides is 1. The quantitative estimate of drug-likeness (QED) is 0.0498. The van der Waals surface area contributed by atoms with E-state index in [2.05, 4.69) is 91.0 Å². The molecule has 2 aromatic heterocycles. The lowest BCUT2D eigenvalue weighted by atomic mass is 9.59. The van der Waals surface area contributed by atoms with E-state index in [1.165, 1.54) is 47.2 Å². The monoisotopic (exact) mass is 1060 g/mol. The number of methoxy groups -OCH3 is 1. The summed E-state index contributed by atoms with van der Waals surface area (Å²) in [6, 6.07) is 28.8. The molecule has 0 bridgehead atoms. The first kappa shape index (κ1) is 52.5. The van der Waals surface area contributed by atoms with Crippen LogP contribution in [0.4, 0.5) is 17.1 Å². The third-order valence-electron chi connectivity index (χ3n) is 17.5. The second-order valence-electron chi connectivity index (χ2n) is 23.2. The Hall–Kier alpha value is -6.53. The number of hydrogen-bond acceptors (Lipinski definition) is 13. The average molecular weight is 1070 g/mol. The number of nitrogens with one attached hydrogen (secondary N) is 3. The number of nitro groups is 1. The standard InChI is InChI=1S/C60H72N8O8S/c1-39(2)48-9-5-6-10-49(48)53-38-65(37-43-8-7-11-54(75-4)56(43)41-12-13-41)28-29-67(53)45-33-60(34-45)23-26-66(27-24-60)44-14-16-50(55(31-44)76-46-30-42-20-25-61-57(42)63-36-46)58(69)64-77(73,74)47-15-17-51(52(32-47)68(71)72)62-35-40-18-21-59(3,70)22-19-40/h5-11,14-17,20,25,30-32,36,39-41,45,53,62,70H,12-13,18-19,21-24,26-29,33-35,37-38H2,1-4H3,(H,61,63)(H,64,69)/t40-,53?,59-. The molecule has 1 spiro atoms. The van der Waals surface area contributed by atoms with Gasteiger partial charge < -0.3 is 29.8 Å². The summed E-state index contributed by atoms with van der Waals surface area (Å²) in [4.78, 5) is 40.7. The van der Waals surface area contributed by atoms with E-state index < -0.39 is 37.0 Å². The van der Waals surface area contributed by atoms with Gasteiger partial charge in [0.05, 0.1) is 34.3 Å². The molecule has 0 radical (unpaired) electrons. The van der Waals surface area contributed by atoms with E-state index in [4.69, 9.17) is 9.47 Å². The molecule has 2 aliphatic heterocycles. The molecule has 406 valence electrons. The molecule has 6 aromatic rings. The third kappa shape index (κ3) is 11.3. The number of anilines is 2. The molecule has 5 fully saturated rings. The first-order chi connectivity index (χ1) is 37.0. The number of hydrogen-bond donors (Lipinski definition) is 4. The highest BCUT2D eigenvalue weighted by molar-refractivity contribution is 7.90. The number of amides is 1. The van der Waals surface area contributed by atoms with Gasteiger partial charge in [-0.1, -0.05) is 50.2 Å². The van der Waals surface area contributed by atoms with Gasteiger partial charge in [0.15, 0.2) is 0 Å². The molecule has 1 atom stereocenters. The van der Waals surface area contributed by atoms with Crippen molar-refractivity contribution in [3.63, 3.8) is 0 Å². The zero-order valence-corrected chi connectivity index (χ0v) is 45.5. The van der Waals surface area contributed by atoms with Crippen LogP contribution in [-0.2, 0) is 16.6 Å². The molecule has 17 heteroatoms. The minimum atomic E-state index is -4.59. The number of piperidine rings is 1. The number of aromatic amines is 1. The Bertz CT molecular complexity index is 3260. The second kappa shape index (κ2) is 21.4. The highest BCUT2D eigenvalue weighted by Gasteiger charge is 2.50. The minimum absolute atomic E-state index is 0.0263. The predicted octanol–water partition coefficient (Wildman–Crippen LogP) is 11.1. The zero-order chi connectivity index (χ0) is 53.6. The number of fused-ring (bicyclic) bond motifs is 1. The van der Waals surface area contributed by atoms with Gasteiger partial charge in [-0.05, 0) is 153 Å². The average Bonchev–Trinajstić information content (AvgIpc) is 4.21. The van der Waals surface area contributed by atoms with Crippen molar-refractivity contribution in [3.05, 3.63) is 141 Å². The van der Waals surface area contributed by atoms with Crippen molar-refractivity contribution >= 4 is 44.0 Å². The van der Waals surface area contributed by atoms with Crippen LogP contribution in [0.3, 0.4) is 0 Å². The molecule has 3 aliphatic carbocycles. The van der Waals surface area contributed by atoms with Gasteiger partial charge in [-0.25, -0.2) is 18.1 Å². The minimum Gasteiger partial charge on any atom is -0.496 e. The Morgan fingerprint density at radius 2 is 1.70 bits per heavy atom. The van der Waals surface area contributed by atoms with Crippen LogP contribution in [0.5, 0.6) is 17.2 Å². The first-order valence-electron chi connectivity index (χ1n) is 27.6. The number of benzene rings is 4. The van der Waals surface area contributed by atoms with Crippen molar-refractivity contribution in [2.75, 3.05) is 56.6 Å². The Morgan fingerprint density at radius 1 is 0.922 bits per heavy atom. The van der Waals surface area contributed by atoms with Gasteiger partial charge in [-0.3, -0.25) is 24.7 Å². The molecular formula is C60H72N8O8S. The second-order valence-corrected chi connectivity index (χ2v) is 24.9. The summed E-state index contributed by atoms with van der Waals surface area (Å²) in [7, 11) is -2.80. The molecule has 1 amide bonds. The largest absolute Gasteiger partial charge is 0.496 e. The summed E-state index contributed by atoms with van der Waals surface area (Å²) >= 11 is 0. The van der Waals surface area contributed by atoms with Gasteiger partial charge in [-0.15, -0.1) is 0 Å². The van der Waals surface area contributed by atoms with Crippen molar-refractivity contribution in [3.8, 4) is 17.2 Å². The van der Waals surface area contributed by atoms with E-state index in [1.54, 1.807) is 37.7 Å². The van der Waals surface area contributed by atoms with Gasteiger partial charge in [0, 0.05) is 92.9 Å². The normalized spacial score (nSPS) is 22.2. The van der Waals surface area contributed by atoms with E-state index in [0.29, 0.717) is 48.7 Å². The highest BCUT2D eigenvalue weighted by atomic mass is 32.2. The number of aliphatic hydroxyl groups is 1. The van der Waals surface area contributed by atoms with E-state index in [0.717, 1.165) is 101 Å². The number of nitrogens with zero attached hydrogens (tertiary/aromatic N) is 5. The molecule has 11 rings (SSSR count). The van der Waals surface area contributed by atoms with Crippen LogP contribution in [0.2, 0.25) is 0 Å². The summed E-state index contributed by atoms with van der Waals surface area (Å²) in [5.74, 6) is 1.79. The van der Waals surface area contributed by atoms with Gasteiger partial charge in [0.2, 0.25) is 0 Å².